The maximum atomic E-state index is 13.0. The topological polar surface area (TPSA) is 32.3 Å². The van der Waals surface area contributed by atoms with Gasteiger partial charge in [0, 0.05) is 13.0 Å². The van der Waals surface area contributed by atoms with Crippen molar-refractivity contribution < 1.29 is 9.18 Å². The molecule has 0 spiro atoms. The highest BCUT2D eigenvalue weighted by molar-refractivity contribution is 5.85. The highest BCUT2D eigenvalue weighted by Gasteiger charge is 2.30. The smallest absolute Gasteiger partial charge is 0.223 e. The number of nitrogens with one attached hydrogen (secondary N) is 1. The summed E-state index contributed by atoms with van der Waals surface area (Å²) in [5, 5.41) is 3.35. The molecule has 22 heavy (non-hydrogen) atoms. The molecule has 2 aliphatic rings. The van der Waals surface area contributed by atoms with E-state index in [9.17, 15) is 9.18 Å². The Hall–Kier alpha value is -1.13. The molecule has 0 saturated carbocycles. The Labute approximate surface area is 137 Å². The van der Waals surface area contributed by atoms with E-state index in [4.69, 9.17) is 0 Å². The third-order valence-corrected chi connectivity index (χ3v) is 4.76. The van der Waals surface area contributed by atoms with Crippen LogP contribution in [0.15, 0.2) is 24.3 Å². The summed E-state index contributed by atoms with van der Waals surface area (Å²) < 4.78 is 13.0. The van der Waals surface area contributed by atoms with Crippen molar-refractivity contribution >= 4 is 18.3 Å². The first kappa shape index (κ1) is 17.2. The van der Waals surface area contributed by atoms with Crippen molar-refractivity contribution in [2.24, 2.45) is 5.92 Å². The van der Waals surface area contributed by atoms with E-state index in [0.29, 0.717) is 12.3 Å². The Morgan fingerprint density at radius 1 is 1.27 bits per heavy atom. The number of halogens is 2. The van der Waals surface area contributed by atoms with Gasteiger partial charge >= 0.3 is 0 Å². The summed E-state index contributed by atoms with van der Waals surface area (Å²) in [7, 11) is 0. The average molecular weight is 327 g/mol. The Morgan fingerprint density at radius 2 is 2.05 bits per heavy atom. The van der Waals surface area contributed by atoms with Crippen LogP contribution in [0.4, 0.5) is 4.39 Å². The van der Waals surface area contributed by atoms with Crippen LogP contribution in [0, 0.1) is 11.7 Å². The minimum Gasteiger partial charge on any atom is -0.336 e. The van der Waals surface area contributed by atoms with E-state index in [2.05, 4.69) is 5.32 Å². The normalized spacial score (nSPS) is 24.3. The summed E-state index contributed by atoms with van der Waals surface area (Å²) in [5.74, 6) is 0.693. The van der Waals surface area contributed by atoms with Crippen molar-refractivity contribution in [3.8, 4) is 0 Å². The SMILES string of the molecule is Cl.O=C(CCC1CCNC1)N1CCCC1c1ccc(F)cc1. The zero-order chi connectivity index (χ0) is 14.7. The molecule has 3 nitrogen and oxygen atoms in total. The van der Waals surface area contributed by atoms with Gasteiger partial charge in [0.2, 0.25) is 5.91 Å². The molecule has 2 aliphatic heterocycles. The standard InChI is InChI=1S/C17H23FN2O.ClH/c18-15-6-4-14(5-7-15)16-2-1-11-20(16)17(21)8-3-13-9-10-19-12-13;/h4-7,13,16,19H,1-3,8-12H2;1H. The number of benzene rings is 1. The van der Waals surface area contributed by atoms with E-state index in [1.807, 2.05) is 17.0 Å². The third-order valence-electron chi connectivity index (χ3n) is 4.76. The molecule has 122 valence electrons. The van der Waals surface area contributed by atoms with Crippen molar-refractivity contribution in [3.05, 3.63) is 35.6 Å². The number of hydrogen-bond donors (Lipinski definition) is 1. The molecule has 1 aromatic carbocycles. The van der Waals surface area contributed by atoms with Gasteiger partial charge in [-0.3, -0.25) is 4.79 Å². The molecule has 1 N–H and O–H groups in total. The van der Waals surface area contributed by atoms with Gasteiger partial charge in [0.25, 0.3) is 0 Å². The first-order chi connectivity index (χ1) is 10.2. The lowest BCUT2D eigenvalue weighted by molar-refractivity contribution is -0.132. The van der Waals surface area contributed by atoms with Crippen LogP contribution >= 0.6 is 12.4 Å². The van der Waals surface area contributed by atoms with Crippen LogP contribution in [0.1, 0.15) is 43.7 Å². The van der Waals surface area contributed by atoms with Crippen molar-refractivity contribution in [2.45, 2.75) is 38.1 Å². The fraction of sp³-hybridized carbons (Fsp3) is 0.588. The molecule has 0 aromatic heterocycles. The number of amides is 1. The second kappa shape index (κ2) is 7.93. The monoisotopic (exact) mass is 326 g/mol. The molecule has 2 saturated heterocycles. The molecule has 2 unspecified atom stereocenters. The molecule has 0 bridgehead atoms. The summed E-state index contributed by atoms with van der Waals surface area (Å²) in [5.41, 5.74) is 1.06. The molecule has 5 heteroatoms. The second-order valence-electron chi connectivity index (χ2n) is 6.19. The fourth-order valence-corrected chi connectivity index (χ4v) is 3.53. The largest absolute Gasteiger partial charge is 0.336 e. The molecule has 0 aliphatic carbocycles. The zero-order valence-electron chi connectivity index (χ0n) is 12.8. The fourth-order valence-electron chi connectivity index (χ4n) is 3.53. The van der Waals surface area contributed by atoms with E-state index in [-0.39, 0.29) is 30.2 Å². The molecular weight excluding hydrogens is 303 g/mol. The van der Waals surface area contributed by atoms with E-state index < -0.39 is 0 Å². The number of likely N-dealkylation sites (tertiary alicyclic amines) is 1. The number of rotatable bonds is 4. The molecule has 2 heterocycles. The van der Waals surface area contributed by atoms with Crippen LogP contribution in [0.25, 0.3) is 0 Å². The first-order valence-corrected chi connectivity index (χ1v) is 7.99. The maximum absolute atomic E-state index is 13.0. The Kier molecular flexibility index (Phi) is 6.21. The van der Waals surface area contributed by atoms with Gasteiger partial charge in [0.15, 0.2) is 0 Å². The Balaban J connectivity index is 0.00000176. The number of hydrogen-bond acceptors (Lipinski definition) is 2. The van der Waals surface area contributed by atoms with E-state index >= 15 is 0 Å². The number of carbonyl (C=O) groups is 1. The molecule has 1 aromatic rings. The van der Waals surface area contributed by atoms with Gasteiger partial charge in [-0.05, 0) is 62.4 Å². The van der Waals surface area contributed by atoms with Crippen molar-refractivity contribution in [2.75, 3.05) is 19.6 Å². The van der Waals surface area contributed by atoms with Crippen LogP contribution in [-0.2, 0) is 4.79 Å². The predicted octanol–water partition coefficient (Wildman–Crippen LogP) is 3.30. The maximum Gasteiger partial charge on any atom is 0.223 e. The highest BCUT2D eigenvalue weighted by atomic mass is 35.5. The van der Waals surface area contributed by atoms with Crippen LogP contribution in [0.5, 0.6) is 0 Å². The van der Waals surface area contributed by atoms with Gasteiger partial charge < -0.3 is 10.2 Å². The van der Waals surface area contributed by atoms with E-state index in [1.165, 1.54) is 18.6 Å². The van der Waals surface area contributed by atoms with Crippen molar-refractivity contribution in [1.29, 1.82) is 0 Å². The minimum atomic E-state index is -0.219. The molecule has 3 rings (SSSR count). The molecule has 2 atom stereocenters. The summed E-state index contributed by atoms with van der Waals surface area (Å²) in [6.07, 6.45) is 4.85. The quantitative estimate of drug-likeness (QED) is 0.920. The summed E-state index contributed by atoms with van der Waals surface area (Å²) in [6.45, 7) is 2.97. The lowest BCUT2D eigenvalue weighted by atomic mass is 10.0. The van der Waals surface area contributed by atoms with Crippen LogP contribution in [-0.4, -0.2) is 30.4 Å². The zero-order valence-corrected chi connectivity index (χ0v) is 13.6. The van der Waals surface area contributed by atoms with Crippen LogP contribution < -0.4 is 5.32 Å². The summed E-state index contributed by atoms with van der Waals surface area (Å²) in [4.78, 5) is 14.5. The van der Waals surface area contributed by atoms with Crippen LogP contribution in [0.2, 0.25) is 0 Å². The lowest BCUT2D eigenvalue weighted by Crippen LogP contribution is -2.30. The van der Waals surface area contributed by atoms with Gasteiger partial charge in [-0.25, -0.2) is 4.39 Å². The first-order valence-electron chi connectivity index (χ1n) is 7.99. The van der Waals surface area contributed by atoms with Gasteiger partial charge in [0.05, 0.1) is 6.04 Å². The predicted molar refractivity (Wildman–Crippen MR) is 87.5 cm³/mol. The number of nitrogens with zero attached hydrogens (tertiary/aromatic N) is 1. The Bertz CT molecular complexity index is 488. The average Bonchev–Trinajstić information content (AvgIpc) is 3.17. The molecule has 2 fully saturated rings. The molecular formula is C17H24ClFN2O. The summed E-state index contributed by atoms with van der Waals surface area (Å²) >= 11 is 0. The number of carbonyl (C=O) groups excluding carboxylic acids is 1. The van der Waals surface area contributed by atoms with Gasteiger partial charge in [-0.15, -0.1) is 12.4 Å². The van der Waals surface area contributed by atoms with Gasteiger partial charge in [-0.1, -0.05) is 12.1 Å². The van der Waals surface area contributed by atoms with E-state index in [1.54, 1.807) is 0 Å². The second-order valence-corrected chi connectivity index (χ2v) is 6.19. The minimum absolute atomic E-state index is 0. The van der Waals surface area contributed by atoms with Gasteiger partial charge in [-0.2, -0.15) is 0 Å². The third kappa shape index (κ3) is 3.99. The van der Waals surface area contributed by atoms with Gasteiger partial charge in [0.1, 0.15) is 5.82 Å². The Morgan fingerprint density at radius 3 is 2.73 bits per heavy atom. The van der Waals surface area contributed by atoms with Crippen molar-refractivity contribution in [3.63, 3.8) is 0 Å². The van der Waals surface area contributed by atoms with Crippen LogP contribution in [0.3, 0.4) is 0 Å². The molecule has 0 radical (unpaired) electrons. The lowest BCUT2D eigenvalue weighted by Gasteiger charge is -2.25. The highest BCUT2D eigenvalue weighted by Crippen LogP contribution is 2.33. The summed E-state index contributed by atoms with van der Waals surface area (Å²) in [6, 6.07) is 6.74. The van der Waals surface area contributed by atoms with E-state index in [0.717, 1.165) is 44.5 Å². The van der Waals surface area contributed by atoms with Crippen molar-refractivity contribution in [1.82, 2.24) is 10.2 Å². The molecule has 1 amide bonds.